The summed E-state index contributed by atoms with van der Waals surface area (Å²) in [6, 6.07) is 17.6. The van der Waals surface area contributed by atoms with Gasteiger partial charge in [0.2, 0.25) is 0 Å². The van der Waals surface area contributed by atoms with Gasteiger partial charge in [-0.2, -0.15) is 0 Å². The number of amides is 1. The van der Waals surface area contributed by atoms with Crippen molar-refractivity contribution >= 4 is 5.91 Å². The summed E-state index contributed by atoms with van der Waals surface area (Å²) >= 11 is 0. The van der Waals surface area contributed by atoms with E-state index in [1.54, 1.807) is 19.2 Å². The molecule has 1 N–H and O–H groups in total. The molecule has 0 bridgehead atoms. The van der Waals surface area contributed by atoms with Crippen molar-refractivity contribution in [2.75, 3.05) is 33.9 Å². The fourth-order valence-electron chi connectivity index (χ4n) is 2.48. The molecule has 25 heavy (non-hydrogen) atoms. The van der Waals surface area contributed by atoms with E-state index < -0.39 is 0 Å². The van der Waals surface area contributed by atoms with Crippen LogP contribution in [0.5, 0.6) is 11.5 Å². The van der Waals surface area contributed by atoms with E-state index in [4.69, 9.17) is 9.47 Å². The van der Waals surface area contributed by atoms with E-state index in [1.807, 2.05) is 30.3 Å². The first kappa shape index (κ1) is 18.8. The first-order valence-corrected chi connectivity index (χ1v) is 8.44. The smallest absolute Gasteiger partial charge is 0.257 e. The molecule has 0 saturated heterocycles. The largest absolute Gasteiger partial charge is 0.493 e. The van der Waals surface area contributed by atoms with Gasteiger partial charge in [-0.15, -0.1) is 0 Å². The number of hydrogen-bond donors (Lipinski definition) is 1. The van der Waals surface area contributed by atoms with Crippen molar-refractivity contribution in [3.8, 4) is 11.5 Å². The van der Waals surface area contributed by atoms with Crippen LogP contribution in [0.3, 0.4) is 0 Å². The van der Waals surface area contributed by atoms with Crippen LogP contribution in [0, 0.1) is 0 Å². The molecule has 0 aliphatic carbocycles. The Morgan fingerprint density at radius 2 is 1.72 bits per heavy atom. The number of hydrogen-bond acceptors (Lipinski definition) is 4. The molecule has 0 unspecified atom stereocenters. The maximum Gasteiger partial charge on any atom is 0.257 e. The summed E-state index contributed by atoms with van der Waals surface area (Å²) in [6.45, 7) is 2.45. The topological polar surface area (TPSA) is 50.8 Å². The standard InChI is InChI=1S/C20H26N2O3/c1-22(15-17-9-4-3-5-10-17)14-8-13-21-20(23)16-25-19-12-7-6-11-18(19)24-2/h3-7,9-12H,8,13-16H2,1-2H3,(H,21,23). The summed E-state index contributed by atoms with van der Waals surface area (Å²) in [6.07, 6.45) is 0.893. The van der Waals surface area contributed by atoms with Gasteiger partial charge in [-0.25, -0.2) is 0 Å². The first-order valence-electron chi connectivity index (χ1n) is 8.44. The van der Waals surface area contributed by atoms with Crippen molar-refractivity contribution in [2.24, 2.45) is 0 Å². The number of carbonyl (C=O) groups is 1. The molecule has 1 amide bonds. The average Bonchev–Trinajstić information content (AvgIpc) is 2.64. The summed E-state index contributed by atoms with van der Waals surface area (Å²) in [5, 5.41) is 2.88. The Hall–Kier alpha value is -2.53. The molecule has 0 spiro atoms. The zero-order valence-electron chi connectivity index (χ0n) is 14.9. The molecular weight excluding hydrogens is 316 g/mol. The van der Waals surface area contributed by atoms with E-state index in [1.165, 1.54) is 5.56 Å². The van der Waals surface area contributed by atoms with Crippen LogP contribution in [0.15, 0.2) is 54.6 Å². The highest BCUT2D eigenvalue weighted by Gasteiger charge is 2.06. The molecule has 2 aromatic rings. The average molecular weight is 342 g/mol. The van der Waals surface area contributed by atoms with Crippen LogP contribution >= 0.6 is 0 Å². The first-order chi connectivity index (χ1) is 12.2. The van der Waals surface area contributed by atoms with Gasteiger partial charge in [0.05, 0.1) is 7.11 Å². The van der Waals surface area contributed by atoms with Gasteiger partial charge in [0.1, 0.15) is 0 Å². The molecule has 0 saturated carbocycles. The van der Waals surface area contributed by atoms with Crippen LogP contribution in [-0.2, 0) is 11.3 Å². The lowest BCUT2D eigenvalue weighted by Gasteiger charge is -2.16. The molecule has 134 valence electrons. The van der Waals surface area contributed by atoms with Gasteiger partial charge in [0.25, 0.3) is 5.91 Å². The van der Waals surface area contributed by atoms with Crippen molar-refractivity contribution in [1.82, 2.24) is 10.2 Å². The molecule has 0 atom stereocenters. The van der Waals surface area contributed by atoms with Gasteiger partial charge < -0.3 is 19.7 Å². The summed E-state index contributed by atoms with van der Waals surface area (Å²) in [4.78, 5) is 14.1. The van der Waals surface area contributed by atoms with Gasteiger partial charge in [0.15, 0.2) is 18.1 Å². The van der Waals surface area contributed by atoms with Crippen LogP contribution in [0.1, 0.15) is 12.0 Å². The number of nitrogens with one attached hydrogen (secondary N) is 1. The summed E-state index contributed by atoms with van der Waals surface area (Å²) in [5.74, 6) is 1.07. The van der Waals surface area contributed by atoms with Crippen molar-refractivity contribution in [2.45, 2.75) is 13.0 Å². The van der Waals surface area contributed by atoms with Crippen molar-refractivity contribution < 1.29 is 14.3 Å². The Kier molecular flexibility index (Phi) is 7.79. The lowest BCUT2D eigenvalue weighted by atomic mass is 10.2. The van der Waals surface area contributed by atoms with Gasteiger partial charge in [-0.1, -0.05) is 42.5 Å². The highest BCUT2D eigenvalue weighted by atomic mass is 16.5. The van der Waals surface area contributed by atoms with Crippen LogP contribution in [0.2, 0.25) is 0 Å². The highest BCUT2D eigenvalue weighted by Crippen LogP contribution is 2.25. The van der Waals surface area contributed by atoms with Crippen molar-refractivity contribution in [3.63, 3.8) is 0 Å². The second-order valence-corrected chi connectivity index (χ2v) is 5.87. The Morgan fingerprint density at radius 1 is 1.04 bits per heavy atom. The molecule has 2 aromatic carbocycles. The van der Waals surface area contributed by atoms with Gasteiger partial charge in [-0.05, 0) is 37.7 Å². The number of ether oxygens (including phenoxy) is 2. The minimum absolute atomic E-state index is 0.0137. The van der Waals surface area contributed by atoms with E-state index in [0.717, 1.165) is 19.5 Å². The molecular formula is C20H26N2O3. The zero-order chi connectivity index (χ0) is 17.9. The number of rotatable bonds is 10. The molecule has 2 rings (SSSR count). The number of carbonyl (C=O) groups excluding carboxylic acids is 1. The van der Waals surface area contributed by atoms with Crippen LogP contribution in [0.4, 0.5) is 0 Å². The van der Waals surface area contributed by atoms with Crippen LogP contribution < -0.4 is 14.8 Å². The molecule has 0 radical (unpaired) electrons. The Bertz CT molecular complexity index is 646. The Labute approximate surface area is 149 Å². The second kappa shape index (κ2) is 10.4. The van der Waals surface area contributed by atoms with Gasteiger partial charge in [0, 0.05) is 13.1 Å². The predicted molar refractivity (Wildman–Crippen MR) is 98.9 cm³/mol. The normalized spacial score (nSPS) is 10.5. The van der Waals surface area contributed by atoms with E-state index in [9.17, 15) is 4.79 Å². The lowest BCUT2D eigenvalue weighted by molar-refractivity contribution is -0.123. The number of methoxy groups -OCH3 is 1. The minimum Gasteiger partial charge on any atom is -0.493 e. The van der Waals surface area contributed by atoms with Gasteiger partial charge >= 0.3 is 0 Å². The number of para-hydroxylation sites is 2. The number of benzene rings is 2. The molecule has 5 heteroatoms. The fourth-order valence-corrected chi connectivity index (χ4v) is 2.48. The maximum atomic E-state index is 11.9. The quantitative estimate of drug-likeness (QED) is 0.675. The van der Waals surface area contributed by atoms with Crippen molar-refractivity contribution in [1.29, 1.82) is 0 Å². The summed E-state index contributed by atoms with van der Waals surface area (Å²) in [5.41, 5.74) is 1.29. The van der Waals surface area contributed by atoms with Crippen molar-refractivity contribution in [3.05, 3.63) is 60.2 Å². The van der Waals surface area contributed by atoms with E-state index in [2.05, 4.69) is 29.4 Å². The number of nitrogens with zero attached hydrogens (tertiary/aromatic N) is 1. The SMILES string of the molecule is COc1ccccc1OCC(=O)NCCCN(C)Cc1ccccc1. The van der Waals surface area contributed by atoms with Crippen LogP contribution in [-0.4, -0.2) is 44.7 Å². The monoisotopic (exact) mass is 342 g/mol. The Balaban J connectivity index is 1.60. The molecule has 0 aliphatic rings. The highest BCUT2D eigenvalue weighted by molar-refractivity contribution is 5.77. The third-order valence-corrected chi connectivity index (χ3v) is 3.76. The summed E-state index contributed by atoms with van der Waals surface area (Å²) in [7, 11) is 3.66. The Morgan fingerprint density at radius 3 is 2.44 bits per heavy atom. The fraction of sp³-hybridized carbons (Fsp3) is 0.350. The molecule has 0 aromatic heterocycles. The van der Waals surface area contributed by atoms with E-state index in [0.29, 0.717) is 18.0 Å². The van der Waals surface area contributed by atoms with E-state index in [-0.39, 0.29) is 12.5 Å². The third kappa shape index (κ3) is 6.85. The molecule has 5 nitrogen and oxygen atoms in total. The zero-order valence-corrected chi connectivity index (χ0v) is 14.9. The molecule has 0 aliphatic heterocycles. The molecule has 0 fully saturated rings. The maximum absolute atomic E-state index is 11.9. The van der Waals surface area contributed by atoms with E-state index >= 15 is 0 Å². The summed E-state index contributed by atoms with van der Waals surface area (Å²) < 4.78 is 10.7. The molecule has 0 heterocycles. The van der Waals surface area contributed by atoms with Crippen LogP contribution in [0.25, 0.3) is 0 Å². The second-order valence-electron chi connectivity index (χ2n) is 5.87. The minimum atomic E-state index is -0.128. The third-order valence-electron chi connectivity index (χ3n) is 3.76. The lowest BCUT2D eigenvalue weighted by Crippen LogP contribution is -2.31. The van der Waals surface area contributed by atoms with Gasteiger partial charge in [-0.3, -0.25) is 4.79 Å². The predicted octanol–water partition coefficient (Wildman–Crippen LogP) is 2.71.